The second-order valence-corrected chi connectivity index (χ2v) is 9.00. The van der Waals surface area contributed by atoms with Gasteiger partial charge in [0.25, 0.3) is 11.7 Å². The molecule has 1 fully saturated rings. The maximum Gasteiger partial charge on any atom is 0.295 e. The molecular weight excluding hydrogens is 470 g/mol. The molecule has 7 heteroatoms. The van der Waals surface area contributed by atoms with Gasteiger partial charge in [0.1, 0.15) is 24.7 Å². The molecule has 2 heterocycles. The molecule has 1 unspecified atom stereocenters. The maximum atomic E-state index is 13.3. The third kappa shape index (κ3) is 5.03. The zero-order valence-corrected chi connectivity index (χ0v) is 20.7. The second-order valence-electron chi connectivity index (χ2n) is 9.00. The number of ether oxygens (including phenoxy) is 3. The molecule has 0 aliphatic carbocycles. The van der Waals surface area contributed by atoms with Crippen LogP contribution in [0.2, 0.25) is 0 Å². The Balaban J connectivity index is 1.54. The zero-order valence-electron chi connectivity index (χ0n) is 20.7. The van der Waals surface area contributed by atoms with Crippen LogP contribution in [0.4, 0.5) is 0 Å². The molecule has 0 bridgehead atoms. The maximum absolute atomic E-state index is 13.3. The van der Waals surface area contributed by atoms with Crippen LogP contribution in [0.25, 0.3) is 5.76 Å². The third-order valence-electron chi connectivity index (χ3n) is 6.51. The summed E-state index contributed by atoms with van der Waals surface area (Å²) in [4.78, 5) is 28.1. The van der Waals surface area contributed by atoms with E-state index in [0.717, 1.165) is 17.5 Å². The molecular formula is C30H29NO6. The van der Waals surface area contributed by atoms with Crippen LogP contribution in [0.15, 0.2) is 78.4 Å². The van der Waals surface area contributed by atoms with Crippen molar-refractivity contribution in [2.75, 3.05) is 26.4 Å². The van der Waals surface area contributed by atoms with Gasteiger partial charge in [0, 0.05) is 12.1 Å². The van der Waals surface area contributed by atoms with Gasteiger partial charge < -0.3 is 24.2 Å². The Hall–Kier alpha value is -4.26. The molecule has 5 rings (SSSR count). The van der Waals surface area contributed by atoms with Crippen LogP contribution in [0.5, 0.6) is 17.2 Å². The molecule has 2 aliphatic rings. The Kier molecular flexibility index (Phi) is 7.12. The summed E-state index contributed by atoms with van der Waals surface area (Å²) in [7, 11) is 0. The third-order valence-corrected chi connectivity index (χ3v) is 6.51. The van der Waals surface area contributed by atoms with Gasteiger partial charge in [-0.25, -0.2) is 0 Å². The van der Waals surface area contributed by atoms with E-state index >= 15 is 0 Å². The number of likely N-dealkylation sites (tertiary alicyclic amines) is 1. The van der Waals surface area contributed by atoms with Crippen molar-refractivity contribution >= 4 is 17.4 Å². The lowest BCUT2D eigenvalue weighted by Gasteiger charge is -2.26. The highest BCUT2D eigenvalue weighted by Crippen LogP contribution is 2.41. The summed E-state index contributed by atoms with van der Waals surface area (Å²) < 4.78 is 16.9. The summed E-state index contributed by atoms with van der Waals surface area (Å²) >= 11 is 0. The van der Waals surface area contributed by atoms with Crippen LogP contribution in [-0.2, 0) is 16.0 Å². The van der Waals surface area contributed by atoms with Gasteiger partial charge in [0.15, 0.2) is 11.5 Å². The first-order valence-electron chi connectivity index (χ1n) is 12.5. The fourth-order valence-corrected chi connectivity index (χ4v) is 4.66. The minimum atomic E-state index is -0.739. The fourth-order valence-electron chi connectivity index (χ4n) is 4.66. The number of aliphatic hydroxyl groups excluding tert-OH is 1. The lowest BCUT2D eigenvalue weighted by molar-refractivity contribution is -0.139. The molecule has 3 aromatic carbocycles. The van der Waals surface area contributed by atoms with Gasteiger partial charge in [-0.3, -0.25) is 9.59 Å². The zero-order chi connectivity index (χ0) is 25.8. The van der Waals surface area contributed by atoms with Crippen LogP contribution in [-0.4, -0.2) is 48.1 Å². The molecule has 0 spiro atoms. The quantitative estimate of drug-likeness (QED) is 0.269. The summed E-state index contributed by atoms with van der Waals surface area (Å²) in [6, 6.07) is 21.4. The normalized spacial score (nSPS) is 18.2. The predicted octanol–water partition coefficient (Wildman–Crippen LogP) is 4.91. The summed E-state index contributed by atoms with van der Waals surface area (Å²) in [5.74, 6) is 0.184. The summed E-state index contributed by atoms with van der Waals surface area (Å²) in [6.07, 6.45) is 1.46. The number of hydrogen-bond acceptors (Lipinski definition) is 6. The highest BCUT2D eigenvalue weighted by atomic mass is 16.6. The number of carbonyl (C=O) groups is 2. The molecule has 190 valence electrons. The highest BCUT2D eigenvalue weighted by molar-refractivity contribution is 6.46. The Bertz CT molecular complexity index is 1320. The lowest BCUT2D eigenvalue weighted by Crippen LogP contribution is -2.31. The molecule has 7 nitrogen and oxygen atoms in total. The van der Waals surface area contributed by atoms with E-state index in [0.29, 0.717) is 55.6 Å². The van der Waals surface area contributed by atoms with E-state index in [-0.39, 0.29) is 11.3 Å². The number of hydrogen-bond donors (Lipinski definition) is 1. The van der Waals surface area contributed by atoms with Gasteiger partial charge in [0.05, 0.1) is 18.2 Å². The number of carbonyl (C=O) groups excluding carboxylic acids is 2. The molecule has 1 N–H and O–H groups in total. The van der Waals surface area contributed by atoms with Gasteiger partial charge in [-0.1, -0.05) is 49.4 Å². The topological polar surface area (TPSA) is 85.3 Å². The van der Waals surface area contributed by atoms with Crippen LogP contribution in [0.1, 0.15) is 36.1 Å². The first-order valence-corrected chi connectivity index (χ1v) is 12.5. The molecule has 0 saturated carbocycles. The number of fused-ring (bicyclic) bond motifs is 1. The number of nitrogens with zero attached hydrogens (tertiary/aromatic N) is 1. The standard InChI is InChI=1S/C30H29NO6/c1-2-16-35-23-11-8-21(9-12-23)27-26(28(32)22-10-13-24-25(19-22)37-18-17-36-24)29(33)30(34)31(27)15-14-20-6-4-3-5-7-20/h3-13,19,27,32H,2,14-18H2,1H3. The van der Waals surface area contributed by atoms with Crippen molar-refractivity contribution in [3.63, 3.8) is 0 Å². The van der Waals surface area contributed by atoms with E-state index in [4.69, 9.17) is 14.2 Å². The summed E-state index contributed by atoms with van der Waals surface area (Å²) in [5.41, 5.74) is 2.21. The Morgan fingerprint density at radius 3 is 2.43 bits per heavy atom. The van der Waals surface area contributed by atoms with E-state index < -0.39 is 17.7 Å². The van der Waals surface area contributed by atoms with E-state index in [1.807, 2.05) is 61.5 Å². The number of aliphatic hydroxyl groups is 1. The molecule has 1 amide bonds. The monoisotopic (exact) mass is 499 g/mol. The van der Waals surface area contributed by atoms with Gasteiger partial charge >= 0.3 is 0 Å². The highest BCUT2D eigenvalue weighted by Gasteiger charge is 2.46. The van der Waals surface area contributed by atoms with Crippen LogP contribution < -0.4 is 14.2 Å². The predicted molar refractivity (Wildman–Crippen MR) is 139 cm³/mol. The Labute approximate surface area is 215 Å². The van der Waals surface area contributed by atoms with Crippen LogP contribution in [0.3, 0.4) is 0 Å². The van der Waals surface area contributed by atoms with E-state index in [2.05, 4.69) is 0 Å². The van der Waals surface area contributed by atoms with Crippen molar-refractivity contribution in [3.8, 4) is 17.2 Å². The van der Waals surface area contributed by atoms with Gasteiger partial charge in [-0.2, -0.15) is 0 Å². The van der Waals surface area contributed by atoms with Crippen LogP contribution in [0, 0.1) is 0 Å². The van der Waals surface area contributed by atoms with Gasteiger partial charge in [-0.05, 0) is 54.3 Å². The van der Waals surface area contributed by atoms with Crippen molar-refractivity contribution < 1.29 is 28.9 Å². The van der Waals surface area contributed by atoms with E-state index in [1.165, 1.54) is 0 Å². The molecule has 3 aromatic rings. The van der Waals surface area contributed by atoms with Crippen molar-refractivity contribution in [1.82, 2.24) is 4.90 Å². The Morgan fingerprint density at radius 2 is 1.70 bits per heavy atom. The second kappa shape index (κ2) is 10.8. The van der Waals surface area contributed by atoms with Crippen molar-refractivity contribution in [2.45, 2.75) is 25.8 Å². The molecule has 0 aromatic heterocycles. The number of amides is 1. The van der Waals surface area contributed by atoms with E-state index in [9.17, 15) is 14.7 Å². The number of ketones is 1. The van der Waals surface area contributed by atoms with Gasteiger partial charge in [0.2, 0.25) is 0 Å². The number of rotatable bonds is 8. The SMILES string of the molecule is CCCOc1ccc(C2C(=C(O)c3ccc4c(c3)OCCO4)C(=O)C(=O)N2CCc2ccccc2)cc1. The first-order chi connectivity index (χ1) is 18.1. The van der Waals surface area contributed by atoms with Crippen molar-refractivity contribution in [2.24, 2.45) is 0 Å². The molecule has 1 saturated heterocycles. The molecule has 1 atom stereocenters. The smallest absolute Gasteiger partial charge is 0.295 e. The summed E-state index contributed by atoms with van der Waals surface area (Å²) in [5, 5.41) is 11.4. The largest absolute Gasteiger partial charge is 0.507 e. The lowest BCUT2D eigenvalue weighted by atomic mass is 9.95. The molecule has 37 heavy (non-hydrogen) atoms. The first kappa shape index (κ1) is 24.4. The van der Waals surface area contributed by atoms with Crippen LogP contribution >= 0.6 is 0 Å². The fraction of sp³-hybridized carbons (Fsp3) is 0.267. The number of Topliss-reactive ketones (excluding diaryl/α,β-unsaturated/α-hetero) is 1. The molecule has 0 radical (unpaired) electrons. The average molecular weight is 500 g/mol. The van der Waals surface area contributed by atoms with E-state index in [1.54, 1.807) is 23.1 Å². The summed E-state index contributed by atoms with van der Waals surface area (Å²) in [6.45, 7) is 3.80. The van der Waals surface area contributed by atoms with Crippen molar-refractivity contribution in [3.05, 3.63) is 95.1 Å². The molecule has 2 aliphatic heterocycles. The minimum Gasteiger partial charge on any atom is -0.507 e. The van der Waals surface area contributed by atoms with Gasteiger partial charge in [-0.15, -0.1) is 0 Å². The minimum absolute atomic E-state index is 0.0527. The number of benzene rings is 3. The Morgan fingerprint density at radius 1 is 0.973 bits per heavy atom. The van der Waals surface area contributed by atoms with Crippen molar-refractivity contribution in [1.29, 1.82) is 0 Å². The average Bonchev–Trinajstić information content (AvgIpc) is 3.20.